The van der Waals surface area contributed by atoms with Crippen LogP contribution in [-0.4, -0.2) is 37.6 Å². The van der Waals surface area contributed by atoms with Gasteiger partial charge in [-0.25, -0.2) is 0 Å². The van der Waals surface area contributed by atoms with Crippen LogP contribution in [0.25, 0.3) is 0 Å². The zero-order valence-electron chi connectivity index (χ0n) is 8.42. The van der Waals surface area contributed by atoms with Crippen LogP contribution in [0.2, 0.25) is 0 Å². The average Bonchev–Trinajstić information content (AvgIpc) is 2.01. The van der Waals surface area contributed by atoms with E-state index in [9.17, 15) is 0 Å². The molecule has 0 aromatic heterocycles. The monoisotopic (exact) mass is 173 g/mol. The quantitative estimate of drug-likeness (QED) is 0.580. The molecule has 0 unspecified atom stereocenters. The summed E-state index contributed by atoms with van der Waals surface area (Å²) >= 11 is 0. The minimum absolute atomic E-state index is 0.734. The van der Waals surface area contributed by atoms with Crippen LogP contribution in [0.5, 0.6) is 0 Å². The highest BCUT2D eigenvalue weighted by atomic mass is 15.1. The lowest BCUT2D eigenvalue weighted by Gasteiger charge is -2.21. The van der Waals surface area contributed by atoms with Gasteiger partial charge < -0.3 is 16.4 Å². The lowest BCUT2D eigenvalue weighted by molar-refractivity contribution is 0.271. The molecule has 0 saturated heterocycles. The Bertz CT molecular complexity index is 87.8. The Labute approximate surface area is 76.1 Å². The van der Waals surface area contributed by atoms with Crippen LogP contribution in [0.4, 0.5) is 0 Å². The van der Waals surface area contributed by atoms with Crippen LogP contribution in [0.3, 0.4) is 0 Å². The number of nitrogens with zero attached hydrogens (tertiary/aromatic N) is 1. The second kappa shape index (κ2) is 7.53. The van der Waals surface area contributed by atoms with Crippen LogP contribution in [0.15, 0.2) is 0 Å². The largest absolute Gasteiger partial charge is 0.329 e. The van der Waals surface area contributed by atoms with Crippen molar-refractivity contribution in [2.24, 2.45) is 17.4 Å². The van der Waals surface area contributed by atoms with Gasteiger partial charge in [0.1, 0.15) is 0 Å². The summed E-state index contributed by atoms with van der Waals surface area (Å²) in [4.78, 5) is 2.33. The topological polar surface area (TPSA) is 55.3 Å². The van der Waals surface area contributed by atoms with E-state index in [2.05, 4.69) is 18.7 Å². The van der Waals surface area contributed by atoms with Crippen molar-refractivity contribution in [3.05, 3.63) is 0 Å². The fraction of sp³-hybridized carbons (Fsp3) is 1.00. The Morgan fingerprint density at radius 2 is 1.50 bits per heavy atom. The van der Waals surface area contributed by atoms with E-state index in [0.717, 1.165) is 38.6 Å². The van der Waals surface area contributed by atoms with Crippen LogP contribution in [0.1, 0.15) is 20.3 Å². The van der Waals surface area contributed by atoms with Crippen LogP contribution in [-0.2, 0) is 0 Å². The molecule has 74 valence electrons. The maximum Gasteiger partial charge on any atom is 0.0105 e. The molecule has 0 aromatic rings. The van der Waals surface area contributed by atoms with Crippen molar-refractivity contribution in [3.8, 4) is 0 Å². The van der Waals surface area contributed by atoms with Gasteiger partial charge in [0.15, 0.2) is 0 Å². The molecule has 0 atom stereocenters. The van der Waals surface area contributed by atoms with E-state index < -0.39 is 0 Å². The second-order valence-electron chi connectivity index (χ2n) is 3.60. The summed E-state index contributed by atoms with van der Waals surface area (Å²) in [5.41, 5.74) is 11.0. The number of hydrogen-bond donors (Lipinski definition) is 2. The highest BCUT2D eigenvalue weighted by Gasteiger charge is 2.03. The van der Waals surface area contributed by atoms with Gasteiger partial charge in [-0.3, -0.25) is 0 Å². The third-order valence-corrected chi connectivity index (χ3v) is 1.91. The molecule has 0 bridgehead atoms. The average molecular weight is 173 g/mol. The minimum atomic E-state index is 0.734. The van der Waals surface area contributed by atoms with Crippen molar-refractivity contribution in [2.75, 3.05) is 32.7 Å². The second-order valence-corrected chi connectivity index (χ2v) is 3.60. The summed E-state index contributed by atoms with van der Waals surface area (Å²) in [6, 6.07) is 0. The Morgan fingerprint density at radius 1 is 1.00 bits per heavy atom. The zero-order chi connectivity index (χ0) is 9.40. The summed E-state index contributed by atoms with van der Waals surface area (Å²) in [6.45, 7) is 9.03. The summed E-state index contributed by atoms with van der Waals surface area (Å²) in [6.07, 6.45) is 1.24. The molecule has 0 rings (SSSR count). The molecule has 0 heterocycles. The van der Waals surface area contributed by atoms with Crippen molar-refractivity contribution < 1.29 is 0 Å². The first-order valence-electron chi connectivity index (χ1n) is 4.83. The summed E-state index contributed by atoms with van der Waals surface area (Å²) in [5.74, 6) is 0.767. The van der Waals surface area contributed by atoms with Gasteiger partial charge in [0.2, 0.25) is 0 Å². The fourth-order valence-corrected chi connectivity index (χ4v) is 1.14. The summed E-state index contributed by atoms with van der Waals surface area (Å²) < 4.78 is 0. The molecule has 0 aliphatic heterocycles. The summed E-state index contributed by atoms with van der Waals surface area (Å²) in [5, 5.41) is 0. The maximum absolute atomic E-state index is 5.48. The van der Waals surface area contributed by atoms with Gasteiger partial charge in [-0.15, -0.1) is 0 Å². The standard InChI is InChI=1S/C9H23N3/c1-9(2)3-6-12(7-4-10)8-5-11/h9H,3-8,10-11H2,1-2H3. The number of rotatable bonds is 7. The van der Waals surface area contributed by atoms with Crippen LogP contribution < -0.4 is 11.5 Å². The van der Waals surface area contributed by atoms with Crippen LogP contribution >= 0.6 is 0 Å². The Balaban J connectivity index is 3.48. The van der Waals surface area contributed by atoms with Gasteiger partial charge in [0, 0.05) is 26.2 Å². The number of nitrogens with two attached hydrogens (primary N) is 2. The molecule has 0 fully saturated rings. The van der Waals surface area contributed by atoms with Gasteiger partial charge >= 0.3 is 0 Å². The Kier molecular flexibility index (Phi) is 7.45. The molecule has 0 aliphatic rings. The van der Waals surface area contributed by atoms with Crippen LogP contribution in [0, 0.1) is 5.92 Å². The van der Waals surface area contributed by atoms with E-state index in [1.807, 2.05) is 0 Å². The summed E-state index contributed by atoms with van der Waals surface area (Å²) in [7, 11) is 0. The van der Waals surface area contributed by atoms with Gasteiger partial charge in [-0.05, 0) is 18.9 Å². The zero-order valence-corrected chi connectivity index (χ0v) is 8.42. The molecule has 3 heteroatoms. The predicted octanol–water partition coefficient (Wildman–Crippen LogP) is 0.252. The molecule has 0 aliphatic carbocycles. The molecule has 12 heavy (non-hydrogen) atoms. The molecule has 3 nitrogen and oxygen atoms in total. The molecule has 4 N–H and O–H groups in total. The normalized spacial score (nSPS) is 11.5. The first kappa shape index (κ1) is 11.9. The predicted molar refractivity (Wildman–Crippen MR) is 54.0 cm³/mol. The van der Waals surface area contributed by atoms with Gasteiger partial charge in [0.25, 0.3) is 0 Å². The maximum atomic E-state index is 5.48. The van der Waals surface area contributed by atoms with Crippen molar-refractivity contribution in [2.45, 2.75) is 20.3 Å². The highest BCUT2D eigenvalue weighted by molar-refractivity contribution is 4.59. The van der Waals surface area contributed by atoms with E-state index in [1.165, 1.54) is 6.42 Å². The highest BCUT2D eigenvalue weighted by Crippen LogP contribution is 2.00. The van der Waals surface area contributed by atoms with E-state index >= 15 is 0 Å². The van der Waals surface area contributed by atoms with Crippen molar-refractivity contribution in [1.29, 1.82) is 0 Å². The molecule has 0 radical (unpaired) electrons. The molecule has 0 saturated carbocycles. The molecular formula is C9H23N3. The molecule has 0 spiro atoms. The first-order valence-corrected chi connectivity index (χ1v) is 4.83. The van der Waals surface area contributed by atoms with Crippen molar-refractivity contribution in [3.63, 3.8) is 0 Å². The van der Waals surface area contributed by atoms with Gasteiger partial charge in [-0.1, -0.05) is 13.8 Å². The minimum Gasteiger partial charge on any atom is -0.329 e. The first-order chi connectivity index (χ1) is 5.70. The van der Waals surface area contributed by atoms with E-state index in [-0.39, 0.29) is 0 Å². The van der Waals surface area contributed by atoms with E-state index in [1.54, 1.807) is 0 Å². The molecule has 0 amide bonds. The van der Waals surface area contributed by atoms with Crippen molar-refractivity contribution >= 4 is 0 Å². The number of hydrogen-bond acceptors (Lipinski definition) is 3. The van der Waals surface area contributed by atoms with Crippen molar-refractivity contribution in [1.82, 2.24) is 4.90 Å². The fourth-order valence-electron chi connectivity index (χ4n) is 1.14. The Hall–Kier alpha value is -0.120. The lowest BCUT2D eigenvalue weighted by atomic mass is 10.1. The SMILES string of the molecule is CC(C)CCN(CCN)CCN. The lowest BCUT2D eigenvalue weighted by Crippen LogP contribution is -2.35. The van der Waals surface area contributed by atoms with Gasteiger partial charge in [0.05, 0.1) is 0 Å². The third kappa shape index (κ3) is 6.58. The van der Waals surface area contributed by atoms with E-state index in [0.29, 0.717) is 0 Å². The molecule has 0 aromatic carbocycles. The third-order valence-electron chi connectivity index (χ3n) is 1.91. The Morgan fingerprint density at radius 3 is 1.83 bits per heavy atom. The van der Waals surface area contributed by atoms with Gasteiger partial charge in [-0.2, -0.15) is 0 Å². The molecular weight excluding hydrogens is 150 g/mol. The van der Waals surface area contributed by atoms with E-state index in [4.69, 9.17) is 11.5 Å². The smallest absolute Gasteiger partial charge is 0.0105 e.